The zero-order chi connectivity index (χ0) is 17.6. The number of nitrogens with zero attached hydrogens (tertiary/aromatic N) is 3. The number of hydrogen-bond donors (Lipinski definition) is 0. The first-order chi connectivity index (χ1) is 11.2. The van der Waals surface area contributed by atoms with Crippen LogP contribution in [0.4, 0.5) is 5.95 Å². The number of hydrogen-bond acceptors (Lipinski definition) is 4. The fourth-order valence-electron chi connectivity index (χ4n) is 3.37. The second-order valence-electron chi connectivity index (χ2n) is 7.69. The third-order valence-electron chi connectivity index (χ3n) is 5.08. The Labute approximate surface area is 142 Å². The van der Waals surface area contributed by atoms with E-state index in [4.69, 9.17) is 4.98 Å². The van der Waals surface area contributed by atoms with Gasteiger partial charge in [-0.2, -0.15) is 0 Å². The molecule has 0 saturated carbocycles. The number of rotatable bonds is 2. The topological polar surface area (TPSA) is 55.2 Å². The molecule has 1 aromatic heterocycles. The molecule has 1 saturated heterocycles. The molecular weight excluding hydrogens is 302 g/mol. The van der Waals surface area contributed by atoms with Gasteiger partial charge >= 0.3 is 0 Å². The maximum absolute atomic E-state index is 12.8. The summed E-state index contributed by atoms with van der Waals surface area (Å²) in [5, 5.41) is 0.517. The van der Waals surface area contributed by atoms with Crippen LogP contribution in [0.5, 0.6) is 0 Å². The minimum Gasteiger partial charge on any atom is -0.342 e. The number of aryl methyl sites for hydroxylation is 1. The maximum atomic E-state index is 12.8. The number of carbonyl (C=O) groups is 1. The first-order valence-electron chi connectivity index (χ1n) is 8.47. The summed E-state index contributed by atoms with van der Waals surface area (Å²) >= 11 is 0. The molecule has 0 amide bonds. The zero-order valence-corrected chi connectivity index (χ0v) is 15.1. The molecule has 2 aromatic rings. The molecule has 0 aliphatic carbocycles. The highest BCUT2D eigenvalue weighted by Crippen LogP contribution is 2.31. The SMILES string of the molecule is CC(=O)c1cc(C)cc2c(=O)n(C)c(N3CCC(C)(C)CC3)nc12. The summed E-state index contributed by atoms with van der Waals surface area (Å²) in [5.41, 5.74) is 2.19. The summed E-state index contributed by atoms with van der Waals surface area (Å²) in [6.07, 6.45) is 2.13. The highest BCUT2D eigenvalue weighted by molar-refractivity contribution is 6.05. The molecule has 1 aliphatic heterocycles. The van der Waals surface area contributed by atoms with Gasteiger partial charge in [-0.3, -0.25) is 14.2 Å². The quantitative estimate of drug-likeness (QED) is 0.796. The normalized spacial score (nSPS) is 17.3. The Morgan fingerprint density at radius 3 is 2.42 bits per heavy atom. The van der Waals surface area contributed by atoms with E-state index in [1.807, 2.05) is 19.1 Å². The Bertz CT molecular complexity index is 870. The summed E-state index contributed by atoms with van der Waals surface area (Å²) in [6, 6.07) is 3.64. The van der Waals surface area contributed by atoms with Gasteiger partial charge in [-0.1, -0.05) is 13.8 Å². The number of Topliss-reactive ketones (excluding diaryl/α,β-unsaturated/α-hetero) is 1. The standard InChI is InChI=1S/C19H25N3O2/c1-12-10-14(13(2)23)16-15(11-12)17(24)21(5)18(20-16)22-8-6-19(3,4)7-9-22/h10-11H,6-9H2,1-5H3. The highest BCUT2D eigenvalue weighted by atomic mass is 16.1. The average Bonchev–Trinajstić information content (AvgIpc) is 2.51. The molecule has 0 N–H and O–H groups in total. The van der Waals surface area contributed by atoms with Crippen molar-refractivity contribution in [3.63, 3.8) is 0 Å². The van der Waals surface area contributed by atoms with Crippen LogP contribution in [0.3, 0.4) is 0 Å². The number of anilines is 1. The number of piperidine rings is 1. The molecule has 0 unspecified atom stereocenters. The molecule has 1 aliphatic rings. The molecule has 2 heterocycles. The van der Waals surface area contributed by atoms with Crippen molar-refractivity contribution < 1.29 is 4.79 Å². The summed E-state index contributed by atoms with van der Waals surface area (Å²) in [4.78, 5) is 31.7. The van der Waals surface area contributed by atoms with Crippen molar-refractivity contribution >= 4 is 22.6 Å². The molecule has 1 aromatic carbocycles. The van der Waals surface area contributed by atoms with E-state index in [1.165, 1.54) is 6.92 Å². The van der Waals surface area contributed by atoms with Crippen LogP contribution >= 0.6 is 0 Å². The Morgan fingerprint density at radius 1 is 1.21 bits per heavy atom. The Kier molecular flexibility index (Phi) is 3.98. The van der Waals surface area contributed by atoms with E-state index < -0.39 is 0 Å². The average molecular weight is 327 g/mol. The molecule has 5 heteroatoms. The van der Waals surface area contributed by atoms with Crippen molar-refractivity contribution in [1.29, 1.82) is 0 Å². The van der Waals surface area contributed by atoms with Crippen molar-refractivity contribution in [3.8, 4) is 0 Å². The van der Waals surface area contributed by atoms with Gasteiger partial charge in [0.1, 0.15) is 0 Å². The molecule has 24 heavy (non-hydrogen) atoms. The van der Waals surface area contributed by atoms with E-state index in [0.717, 1.165) is 31.5 Å². The van der Waals surface area contributed by atoms with Crippen molar-refractivity contribution in [2.45, 2.75) is 40.5 Å². The van der Waals surface area contributed by atoms with Crippen molar-refractivity contribution in [2.24, 2.45) is 12.5 Å². The van der Waals surface area contributed by atoms with E-state index in [-0.39, 0.29) is 11.3 Å². The highest BCUT2D eigenvalue weighted by Gasteiger charge is 2.28. The molecule has 0 radical (unpaired) electrons. The second-order valence-corrected chi connectivity index (χ2v) is 7.69. The smallest absolute Gasteiger partial charge is 0.262 e. The fourth-order valence-corrected chi connectivity index (χ4v) is 3.37. The van der Waals surface area contributed by atoms with Crippen LogP contribution in [0.1, 0.15) is 49.5 Å². The van der Waals surface area contributed by atoms with Crippen molar-refractivity contribution in [3.05, 3.63) is 33.6 Å². The van der Waals surface area contributed by atoms with E-state index in [0.29, 0.717) is 27.8 Å². The lowest BCUT2D eigenvalue weighted by Crippen LogP contribution is -2.40. The molecular formula is C19H25N3O2. The van der Waals surface area contributed by atoms with E-state index >= 15 is 0 Å². The van der Waals surface area contributed by atoms with Crippen molar-refractivity contribution in [1.82, 2.24) is 9.55 Å². The van der Waals surface area contributed by atoms with Crippen LogP contribution < -0.4 is 10.5 Å². The van der Waals surface area contributed by atoms with E-state index in [9.17, 15) is 9.59 Å². The zero-order valence-electron chi connectivity index (χ0n) is 15.1. The molecule has 0 bridgehead atoms. The van der Waals surface area contributed by atoms with Gasteiger partial charge in [-0.05, 0) is 49.8 Å². The number of benzene rings is 1. The molecule has 0 spiro atoms. The Hall–Kier alpha value is -2.17. The van der Waals surface area contributed by atoms with Crippen LogP contribution in [-0.2, 0) is 7.05 Å². The minimum atomic E-state index is -0.0916. The van der Waals surface area contributed by atoms with Crippen molar-refractivity contribution in [2.75, 3.05) is 18.0 Å². The van der Waals surface area contributed by atoms with E-state index in [2.05, 4.69) is 18.7 Å². The predicted molar refractivity (Wildman–Crippen MR) is 97.0 cm³/mol. The molecule has 3 rings (SSSR count). The molecule has 1 fully saturated rings. The molecule has 5 nitrogen and oxygen atoms in total. The van der Waals surface area contributed by atoms with Gasteiger partial charge in [0.05, 0.1) is 10.9 Å². The number of ketones is 1. The summed E-state index contributed by atoms with van der Waals surface area (Å²) in [6.45, 7) is 9.71. The van der Waals surface area contributed by atoms with Gasteiger partial charge in [0.25, 0.3) is 5.56 Å². The van der Waals surface area contributed by atoms with Gasteiger partial charge in [-0.25, -0.2) is 4.98 Å². The van der Waals surface area contributed by atoms with Crippen LogP contribution in [0.15, 0.2) is 16.9 Å². The van der Waals surface area contributed by atoms with Gasteiger partial charge < -0.3 is 4.90 Å². The number of carbonyl (C=O) groups excluding carboxylic acids is 1. The first kappa shape index (κ1) is 16.7. The summed E-state index contributed by atoms with van der Waals surface area (Å²) in [5.74, 6) is 0.601. The number of aromatic nitrogens is 2. The van der Waals surface area contributed by atoms with Gasteiger partial charge in [0, 0.05) is 25.7 Å². The Morgan fingerprint density at radius 2 is 1.83 bits per heavy atom. The maximum Gasteiger partial charge on any atom is 0.262 e. The van der Waals surface area contributed by atoms with Crippen LogP contribution in [0.25, 0.3) is 10.9 Å². The van der Waals surface area contributed by atoms with Gasteiger partial charge in [0.15, 0.2) is 5.78 Å². The minimum absolute atomic E-state index is 0.0600. The largest absolute Gasteiger partial charge is 0.342 e. The van der Waals surface area contributed by atoms with Crippen LogP contribution in [-0.4, -0.2) is 28.4 Å². The van der Waals surface area contributed by atoms with Crippen LogP contribution in [0, 0.1) is 12.3 Å². The third-order valence-corrected chi connectivity index (χ3v) is 5.08. The van der Waals surface area contributed by atoms with Gasteiger partial charge in [-0.15, -0.1) is 0 Å². The summed E-state index contributed by atoms with van der Waals surface area (Å²) in [7, 11) is 1.76. The fraction of sp³-hybridized carbons (Fsp3) is 0.526. The number of fused-ring (bicyclic) bond motifs is 1. The molecule has 128 valence electrons. The second kappa shape index (κ2) is 5.72. The Balaban J connectivity index is 2.18. The lowest BCUT2D eigenvalue weighted by molar-refractivity contribution is 0.101. The molecule has 0 atom stereocenters. The summed E-state index contributed by atoms with van der Waals surface area (Å²) < 4.78 is 1.62. The van der Waals surface area contributed by atoms with Crippen LogP contribution in [0.2, 0.25) is 0 Å². The lowest BCUT2D eigenvalue weighted by Gasteiger charge is -2.37. The third kappa shape index (κ3) is 2.83. The van der Waals surface area contributed by atoms with E-state index in [1.54, 1.807) is 11.6 Å². The first-order valence-corrected chi connectivity index (χ1v) is 8.47. The lowest BCUT2D eigenvalue weighted by atomic mass is 9.83. The predicted octanol–water partition coefficient (Wildman–Crippen LogP) is 3.07. The monoisotopic (exact) mass is 327 g/mol. The van der Waals surface area contributed by atoms with Gasteiger partial charge in [0.2, 0.25) is 5.95 Å².